The van der Waals surface area contributed by atoms with Crippen molar-refractivity contribution < 1.29 is 9.90 Å². The van der Waals surface area contributed by atoms with Crippen LogP contribution in [0.25, 0.3) is 10.9 Å². The zero-order chi connectivity index (χ0) is 15.4. The molecule has 0 unspecified atom stereocenters. The lowest BCUT2D eigenvalue weighted by molar-refractivity contribution is -0.120. The normalized spacial score (nSPS) is 11.0. The van der Waals surface area contributed by atoms with Crippen LogP contribution < -0.4 is 5.32 Å². The van der Waals surface area contributed by atoms with Gasteiger partial charge in [0.05, 0.1) is 6.42 Å². The van der Waals surface area contributed by atoms with E-state index in [9.17, 15) is 4.79 Å². The van der Waals surface area contributed by atoms with Crippen LogP contribution in [0.15, 0.2) is 23.1 Å². The SMILES string of the molecule is CSc1c(CC(=O)NCCCO)n(C)c2ccc(C)cc12. The van der Waals surface area contributed by atoms with E-state index in [4.69, 9.17) is 5.11 Å². The molecule has 1 aromatic heterocycles. The monoisotopic (exact) mass is 306 g/mol. The Bertz CT molecular complexity index is 649. The zero-order valence-electron chi connectivity index (χ0n) is 12.8. The van der Waals surface area contributed by atoms with Crippen LogP contribution in [-0.2, 0) is 18.3 Å². The maximum Gasteiger partial charge on any atom is 0.225 e. The minimum atomic E-state index is 0.00128. The summed E-state index contributed by atoms with van der Waals surface area (Å²) in [6, 6.07) is 6.38. The first-order chi connectivity index (χ1) is 10.1. The highest BCUT2D eigenvalue weighted by molar-refractivity contribution is 7.98. The summed E-state index contributed by atoms with van der Waals surface area (Å²) in [6.07, 6.45) is 3.01. The highest BCUT2D eigenvalue weighted by atomic mass is 32.2. The molecule has 21 heavy (non-hydrogen) atoms. The molecule has 114 valence electrons. The van der Waals surface area contributed by atoms with Gasteiger partial charge in [-0.1, -0.05) is 11.6 Å². The van der Waals surface area contributed by atoms with Crippen molar-refractivity contribution in [1.82, 2.24) is 9.88 Å². The first kappa shape index (κ1) is 15.9. The van der Waals surface area contributed by atoms with Crippen LogP contribution in [0.3, 0.4) is 0 Å². The zero-order valence-corrected chi connectivity index (χ0v) is 13.6. The van der Waals surface area contributed by atoms with Crippen molar-refractivity contribution in [3.05, 3.63) is 29.5 Å². The molecular formula is C16H22N2O2S. The molecule has 2 aromatic rings. The van der Waals surface area contributed by atoms with Crippen molar-refractivity contribution in [2.75, 3.05) is 19.4 Å². The Morgan fingerprint density at radius 2 is 2.19 bits per heavy atom. The molecule has 0 aliphatic heterocycles. The van der Waals surface area contributed by atoms with E-state index in [1.807, 2.05) is 13.3 Å². The molecule has 5 heteroatoms. The van der Waals surface area contributed by atoms with E-state index in [0.717, 1.165) is 11.2 Å². The molecule has 0 saturated heterocycles. The smallest absolute Gasteiger partial charge is 0.225 e. The van der Waals surface area contributed by atoms with Gasteiger partial charge in [-0.3, -0.25) is 4.79 Å². The van der Waals surface area contributed by atoms with Gasteiger partial charge in [0.25, 0.3) is 0 Å². The van der Waals surface area contributed by atoms with E-state index in [0.29, 0.717) is 19.4 Å². The highest BCUT2D eigenvalue weighted by Crippen LogP contribution is 2.33. The summed E-state index contributed by atoms with van der Waals surface area (Å²) in [7, 11) is 2.01. The summed E-state index contributed by atoms with van der Waals surface area (Å²) < 4.78 is 2.10. The topological polar surface area (TPSA) is 54.3 Å². The Morgan fingerprint density at radius 3 is 2.86 bits per heavy atom. The van der Waals surface area contributed by atoms with Gasteiger partial charge in [-0.05, 0) is 31.7 Å². The molecule has 2 N–H and O–H groups in total. The lowest BCUT2D eigenvalue weighted by atomic mass is 10.2. The summed E-state index contributed by atoms with van der Waals surface area (Å²) in [5.41, 5.74) is 3.43. The van der Waals surface area contributed by atoms with Gasteiger partial charge in [0.15, 0.2) is 0 Å². The van der Waals surface area contributed by atoms with Gasteiger partial charge in [0.1, 0.15) is 0 Å². The predicted octanol–water partition coefficient (Wildman–Crippen LogP) is 2.25. The van der Waals surface area contributed by atoms with Crippen molar-refractivity contribution >= 4 is 28.6 Å². The van der Waals surface area contributed by atoms with Crippen molar-refractivity contribution in [2.24, 2.45) is 7.05 Å². The van der Waals surface area contributed by atoms with Crippen LogP contribution in [0.2, 0.25) is 0 Å². The summed E-state index contributed by atoms with van der Waals surface area (Å²) in [5, 5.41) is 12.8. The Hall–Kier alpha value is -1.46. The molecule has 0 spiro atoms. The van der Waals surface area contributed by atoms with Gasteiger partial charge in [-0.2, -0.15) is 0 Å². The van der Waals surface area contributed by atoms with E-state index < -0.39 is 0 Å². The molecule has 4 nitrogen and oxygen atoms in total. The number of rotatable bonds is 6. The molecule has 0 aliphatic rings. The number of nitrogens with zero attached hydrogens (tertiary/aromatic N) is 1. The molecule has 0 atom stereocenters. The first-order valence-electron chi connectivity index (χ1n) is 7.08. The Balaban J connectivity index is 2.30. The van der Waals surface area contributed by atoms with Gasteiger partial charge in [0.2, 0.25) is 5.91 Å². The number of hydrogen-bond donors (Lipinski definition) is 2. The van der Waals surface area contributed by atoms with Gasteiger partial charge in [-0.25, -0.2) is 0 Å². The standard InChI is InChI=1S/C16H22N2O2S/c1-11-5-6-13-12(9-11)16(21-3)14(18(13)2)10-15(20)17-7-4-8-19/h5-6,9,19H,4,7-8,10H2,1-3H3,(H,17,20). The van der Waals surface area contributed by atoms with Crippen LogP contribution in [0.5, 0.6) is 0 Å². The molecule has 0 aliphatic carbocycles. The van der Waals surface area contributed by atoms with E-state index in [1.54, 1.807) is 11.8 Å². The molecule has 0 saturated carbocycles. The number of aliphatic hydroxyl groups excluding tert-OH is 1. The van der Waals surface area contributed by atoms with Crippen LogP contribution in [0.4, 0.5) is 0 Å². The van der Waals surface area contributed by atoms with Crippen LogP contribution >= 0.6 is 11.8 Å². The first-order valence-corrected chi connectivity index (χ1v) is 8.30. The Labute approximate surface area is 129 Å². The molecule has 1 aromatic carbocycles. The number of benzene rings is 1. The van der Waals surface area contributed by atoms with Crippen molar-refractivity contribution in [3.8, 4) is 0 Å². The molecule has 1 amide bonds. The molecule has 0 fully saturated rings. The number of carbonyl (C=O) groups excluding carboxylic acids is 1. The Morgan fingerprint density at radius 1 is 1.43 bits per heavy atom. The lowest BCUT2D eigenvalue weighted by Crippen LogP contribution is -2.27. The van der Waals surface area contributed by atoms with Crippen LogP contribution in [0.1, 0.15) is 17.7 Å². The minimum absolute atomic E-state index is 0.00128. The average molecular weight is 306 g/mol. The lowest BCUT2D eigenvalue weighted by Gasteiger charge is -2.07. The van der Waals surface area contributed by atoms with Gasteiger partial charge in [-0.15, -0.1) is 11.8 Å². The summed E-state index contributed by atoms with van der Waals surface area (Å²) in [6.45, 7) is 2.70. The van der Waals surface area contributed by atoms with Gasteiger partial charge < -0.3 is 15.0 Å². The maximum atomic E-state index is 12.0. The quantitative estimate of drug-likeness (QED) is 0.636. The van der Waals surface area contributed by atoms with Crippen LogP contribution in [-0.4, -0.2) is 35.0 Å². The number of hydrogen-bond acceptors (Lipinski definition) is 3. The van der Waals surface area contributed by atoms with Gasteiger partial charge >= 0.3 is 0 Å². The molecule has 0 bridgehead atoms. The number of nitrogens with one attached hydrogen (secondary N) is 1. The Kier molecular flexibility index (Phi) is 5.31. The maximum absolute atomic E-state index is 12.0. The van der Waals surface area contributed by atoms with E-state index >= 15 is 0 Å². The third-order valence-corrected chi connectivity index (χ3v) is 4.48. The fourth-order valence-electron chi connectivity index (χ4n) is 2.53. The number of thioether (sulfide) groups is 1. The minimum Gasteiger partial charge on any atom is -0.396 e. The van der Waals surface area contributed by atoms with Crippen molar-refractivity contribution in [1.29, 1.82) is 0 Å². The second kappa shape index (κ2) is 7.00. The number of amides is 1. The van der Waals surface area contributed by atoms with E-state index in [2.05, 4.69) is 35.0 Å². The number of aryl methyl sites for hydroxylation is 2. The summed E-state index contributed by atoms with van der Waals surface area (Å²) >= 11 is 1.68. The number of fused-ring (bicyclic) bond motifs is 1. The fraction of sp³-hybridized carbons (Fsp3) is 0.438. The molecular weight excluding hydrogens is 284 g/mol. The average Bonchev–Trinajstić information content (AvgIpc) is 2.71. The summed E-state index contributed by atoms with van der Waals surface area (Å²) in [5.74, 6) is 0.00128. The van der Waals surface area contributed by atoms with Crippen LogP contribution in [0, 0.1) is 6.92 Å². The van der Waals surface area contributed by atoms with E-state index in [1.165, 1.54) is 15.8 Å². The number of aromatic nitrogens is 1. The predicted molar refractivity (Wildman–Crippen MR) is 87.9 cm³/mol. The number of aliphatic hydroxyl groups is 1. The molecule has 0 radical (unpaired) electrons. The summed E-state index contributed by atoms with van der Waals surface area (Å²) in [4.78, 5) is 13.2. The number of carbonyl (C=O) groups is 1. The molecule has 2 rings (SSSR count). The van der Waals surface area contributed by atoms with Gasteiger partial charge in [0, 0.05) is 41.7 Å². The largest absolute Gasteiger partial charge is 0.396 e. The van der Waals surface area contributed by atoms with E-state index in [-0.39, 0.29) is 12.5 Å². The van der Waals surface area contributed by atoms with Crippen molar-refractivity contribution in [2.45, 2.75) is 24.7 Å². The van der Waals surface area contributed by atoms with Crippen molar-refractivity contribution in [3.63, 3.8) is 0 Å². The highest BCUT2D eigenvalue weighted by Gasteiger charge is 2.17. The third kappa shape index (κ3) is 3.41. The second-order valence-electron chi connectivity index (χ2n) is 5.16. The second-order valence-corrected chi connectivity index (χ2v) is 5.98. The molecule has 1 heterocycles. The fourth-order valence-corrected chi connectivity index (χ4v) is 3.35. The third-order valence-electron chi connectivity index (χ3n) is 3.61.